The quantitative estimate of drug-likeness (QED) is 0.618. The molecule has 0 saturated carbocycles. The molecule has 2 heterocycles. The third kappa shape index (κ3) is 4.89. The minimum absolute atomic E-state index is 0.000649. The van der Waals surface area contributed by atoms with Crippen LogP contribution in [0.2, 0.25) is 0 Å². The molecule has 194 valence electrons. The highest BCUT2D eigenvalue weighted by atomic mass is 19.1. The lowest BCUT2D eigenvalue weighted by molar-refractivity contribution is 0.0747. The second kappa shape index (κ2) is 11.0. The van der Waals surface area contributed by atoms with Crippen LogP contribution in [0.15, 0.2) is 54.6 Å². The molecular weight excluding hydrogens is 467 g/mol. The molecule has 0 spiro atoms. The number of aliphatic hydroxyl groups is 1. The molecule has 3 atom stereocenters. The first-order valence-electron chi connectivity index (χ1n) is 12.5. The van der Waals surface area contributed by atoms with E-state index < -0.39 is 30.5 Å². The number of aliphatic hydroxyl groups excluding tert-OH is 1. The fourth-order valence-electron chi connectivity index (χ4n) is 5.63. The number of rotatable bonds is 6. The average molecular weight is 502 g/mol. The molecular formula is C28H34F3N3O2. The summed E-state index contributed by atoms with van der Waals surface area (Å²) < 4.78 is 42.6. The van der Waals surface area contributed by atoms with E-state index in [1.165, 1.54) is 4.90 Å². The van der Waals surface area contributed by atoms with Gasteiger partial charge in [0.2, 0.25) is 0 Å². The Kier molecular flexibility index (Phi) is 8.05. The van der Waals surface area contributed by atoms with Crippen LogP contribution in [0.5, 0.6) is 0 Å². The second-order valence-electron chi connectivity index (χ2n) is 9.69. The molecule has 0 bridgehead atoms. The first kappa shape index (κ1) is 26.2. The zero-order chi connectivity index (χ0) is 25.9. The molecule has 0 radical (unpaired) electrons. The van der Waals surface area contributed by atoms with E-state index in [4.69, 9.17) is 0 Å². The Labute approximate surface area is 210 Å². The SMILES string of the molecule is CCN1CCCC(N(C)C(=O)N2CC(c3cc(F)ccc3F)=C[C@@]2(CO)c2ccccc2)CC1CF. The normalized spacial score (nSPS) is 24.9. The summed E-state index contributed by atoms with van der Waals surface area (Å²) in [6, 6.07) is 11.5. The highest BCUT2D eigenvalue weighted by Crippen LogP contribution is 2.41. The molecule has 0 aromatic heterocycles. The van der Waals surface area contributed by atoms with Gasteiger partial charge in [0, 0.05) is 31.2 Å². The van der Waals surface area contributed by atoms with Crippen LogP contribution in [0.4, 0.5) is 18.0 Å². The molecule has 4 rings (SSSR count). The fourth-order valence-corrected chi connectivity index (χ4v) is 5.63. The monoisotopic (exact) mass is 501 g/mol. The molecule has 1 fully saturated rings. The Balaban J connectivity index is 1.70. The van der Waals surface area contributed by atoms with Gasteiger partial charge in [-0.3, -0.25) is 4.90 Å². The van der Waals surface area contributed by atoms with Crippen LogP contribution < -0.4 is 0 Å². The summed E-state index contributed by atoms with van der Waals surface area (Å²) in [6.45, 7) is 2.63. The van der Waals surface area contributed by atoms with E-state index in [0.717, 1.165) is 44.1 Å². The Morgan fingerprint density at radius 2 is 1.94 bits per heavy atom. The lowest BCUT2D eigenvalue weighted by Crippen LogP contribution is -2.54. The van der Waals surface area contributed by atoms with Crippen LogP contribution >= 0.6 is 0 Å². The van der Waals surface area contributed by atoms with Crippen LogP contribution in [-0.2, 0) is 5.54 Å². The topological polar surface area (TPSA) is 47.0 Å². The van der Waals surface area contributed by atoms with Gasteiger partial charge in [0.05, 0.1) is 6.61 Å². The Morgan fingerprint density at radius 1 is 1.19 bits per heavy atom. The number of amides is 2. The number of carbonyl (C=O) groups excluding carboxylic acids is 1. The molecule has 1 N–H and O–H groups in total. The largest absolute Gasteiger partial charge is 0.393 e. The summed E-state index contributed by atoms with van der Waals surface area (Å²) in [7, 11) is 1.71. The van der Waals surface area contributed by atoms with Crippen molar-refractivity contribution in [3.05, 3.63) is 77.4 Å². The predicted octanol–water partition coefficient (Wildman–Crippen LogP) is 4.82. The van der Waals surface area contributed by atoms with Crippen molar-refractivity contribution in [1.29, 1.82) is 0 Å². The van der Waals surface area contributed by atoms with Crippen LogP contribution in [-0.4, -0.2) is 77.9 Å². The van der Waals surface area contributed by atoms with Crippen LogP contribution in [0.1, 0.15) is 37.3 Å². The van der Waals surface area contributed by atoms with Gasteiger partial charge < -0.3 is 14.9 Å². The summed E-state index contributed by atoms with van der Waals surface area (Å²) in [6.07, 6.45) is 3.76. The Hall–Kier alpha value is -2.84. The average Bonchev–Trinajstić information content (AvgIpc) is 3.17. The molecule has 0 aliphatic carbocycles. The molecule has 2 unspecified atom stereocenters. The van der Waals surface area contributed by atoms with Gasteiger partial charge in [-0.15, -0.1) is 0 Å². The third-order valence-electron chi connectivity index (χ3n) is 7.72. The van der Waals surface area contributed by atoms with Crippen molar-refractivity contribution in [2.45, 2.75) is 43.8 Å². The van der Waals surface area contributed by atoms with Crippen molar-refractivity contribution in [2.24, 2.45) is 0 Å². The van der Waals surface area contributed by atoms with Gasteiger partial charge >= 0.3 is 6.03 Å². The Morgan fingerprint density at radius 3 is 2.61 bits per heavy atom. The number of benzene rings is 2. The highest BCUT2D eigenvalue weighted by molar-refractivity contribution is 5.83. The number of halogens is 3. The van der Waals surface area contributed by atoms with Gasteiger partial charge in [-0.2, -0.15) is 0 Å². The van der Waals surface area contributed by atoms with Crippen LogP contribution in [0.25, 0.3) is 5.57 Å². The van der Waals surface area contributed by atoms with Crippen molar-refractivity contribution in [2.75, 3.05) is 40.0 Å². The minimum Gasteiger partial charge on any atom is -0.393 e. The number of urea groups is 1. The van der Waals surface area contributed by atoms with Crippen molar-refractivity contribution in [1.82, 2.24) is 14.7 Å². The smallest absolute Gasteiger partial charge is 0.321 e. The standard InChI is InChI=1S/C28H34F3N3O2/c1-3-33-13-7-10-23(15-24(33)17-29)32(2)27(36)34-18-20(25-14-22(30)11-12-26(25)31)16-28(34,19-35)21-8-5-4-6-9-21/h4-6,8-9,11-12,14,16,23-24,35H,3,7,10,13,15,17-19H2,1-2H3/t23?,24?,28-/m1/s1. The van der Waals surface area contributed by atoms with Gasteiger partial charge in [-0.1, -0.05) is 37.3 Å². The first-order chi connectivity index (χ1) is 17.3. The van der Waals surface area contributed by atoms with Gasteiger partial charge in [-0.25, -0.2) is 18.0 Å². The molecule has 5 nitrogen and oxygen atoms in total. The van der Waals surface area contributed by atoms with E-state index >= 15 is 0 Å². The summed E-state index contributed by atoms with van der Waals surface area (Å²) in [4.78, 5) is 19.3. The van der Waals surface area contributed by atoms with E-state index in [2.05, 4.69) is 4.90 Å². The maximum atomic E-state index is 14.7. The maximum absolute atomic E-state index is 14.7. The lowest BCUT2D eigenvalue weighted by atomic mass is 9.89. The lowest BCUT2D eigenvalue weighted by Gasteiger charge is -2.41. The van der Waals surface area contributed by atoms with Gasteiger partial charge in [0.25, 0.3) is 0 Å². The summed E-state index contributed by atoms with van der Waals surface area (Å²) in [5, 5.41) is 10.7. The predicted molar refractivity (Wildman–Crippen MR) is 134 cm³/mol. The molecule has 2 amide bonds. The highest BCUT2D eigenvalue weighted by Gasteiger charge is 2.46. The molecule has 2 aromatic carbocycles. The maximum Gasteiger partial charge on any atom is 0.321 e. The van der Waals surface area contributed by atoms with E-state index in [0.29, 0.717) is 17.6 Å². The number of alkyl halides is 1. The molecule has 8 heteroatoms. The van der Waals surface area contributed by atoms with Gasteiger partial charge in [0.15, 0.2) is 0 Å². The van der Waals surface area contributed by atoms with E-state index in [1.807, 2.05) is 37.3 Å². The van der Waals surface area contributed by atoms with Crippen molar-refractivity contribution >= 4 is 11.6 Å². The van der Waals surface area contributed by atoms with Crippen LogP contribution in [0.3, 0.4) is 0 Å². The van der Waals surface area contributed by atoms with Crippen molar-refractivity contribution in [3.8, 4) is 0 Å². The third-order valence-corrected chi connectivity index (χ3v) is 7.72. The summed E-state index contributed by atoms with van der Waals surface area (Å²) >= 11 is 0. The number of likely N-dealkylation sites (tertiary alicyclic amines) is 1. The minimum atomic E-state index is -1.25. The molecule has 36 heavy (non-hydrogen) atoms. The zero-order valence-electron chi connectivity index (χ0n) is 20.8. The molecule has 2 aliphatic heterocycles. The molecule has 2 aliphatic rings. The number of nitrogens with zero attached hydrogens (tertiary/aromatic N) is 3. The number of hydrogen-bond donors (Lipinski definition) is 1. The number of carbonyl (C=O) groups is 1. The molecule has 1 saturated heterocycles. The second-order valence-corrected chi connectivity index (χ2v) is 9.69. The first-order valence-corrected chi connectivity index (χ1v) is 12.5. The van der Waals surface area contributed by atoms with Crippen LogP contribution in [0, 0.1) is 11.6 Å². The zero-order valence-corrected chi connectivity index (χ0v) is 20.8. The van der Waals surface area contributed by atoms with E-state index in [-0.39, 0.29) is 30.2 Å². The van der Waals surface area contributed by atoms with Crippen molar-refractivity contribution < 1.29 is 23.1 Å². The Bertz CT molecular complexity index is 1100. The molecule has 2 aromatic rings. The van der Waals surface area contributed by atoms with Gasteiger partial charge in [-0.05, 0) is 67.8 Å². The summed E-state index contributed by atoms with van der Waals surface area (Å²) in [5.74, 6) is -1.18. The number of hydrogen-bond acceptors (Lipinski definition) is 3. The van der Waals surface area contributed by atoms with E-state index in [9.17, 15) is 23.1 Å². The fraction of sp³-hybridized carbons (Fsp3) is 0.464. The van der Waals surface area contributed by atoms with Crippen molar-refractivity contribution in [3.63, 3.8) is 0 Å². The summed E-state index contributed by atoms with van der Waals surface area (Å²) in [5.41, 5.74) is -0.0975. The van der Waals surface area contributed by atoms with E-state index in [1.54, 1.807) is 18.0 Å². The van der Waals surface area contributed by atoms with Gasteiger partial charge in [0.1, 0.15) is 23.8 Å².